The summed E-state index contributed by atoms with van der Waals surface area (Å²) in [4.78, 5) is 4.88. The lowest BCUT2D eigenvalue weighted by Crippen LogP contribution is -2.31. The van der Waals surface area contributed by atoms with Crippen LogP contribution in [0.15, 0.2) is 30.3 Å². The number of hydrogen-bond donors (Lipinski definition) is 0. The Morgan fingerprint density at radius 2 is 1.94 bits per heavy atom. The van der Waals surface area contributed by atoms with E-state index in [1.54, 1.807) is 0 Å². The van der Waals surface area contributed by atoms with Gasteiger partial charge in [0.15, 0.2) is 0 Å². The van der Waals surface area contributed by atoms with Crippen LogP contribution in [0, 0.1) is 0 Å². The molecule has 0 saturated carbocycles. The first-order valence-electron chi connectivity index (χ1n) is 5.68. The highest BCUT2D eigenvalue weighted by atomic mass is 35.5. The average molecular weight is 241 g/mol. The first-order chi connectivity index (χ1) is 7.25. The van der Waals surface area contributed by atoms with Crippen molar-refractivity contribution in [1.29, 1.82) is 0 Å². The molecule has 0 aromatic heterocycles. The largest absolute Gasteiger partial charge is 0.305 e. The molecule has 1 aliphatic rings. The molecule has 1 heterocycles. The normalized spacial score (nSPS) is 21.1. The fourth-order valence-corrected chi connectivity index (χ4v) is 2.22. The van der Waals surface area contributed by atoms with Crippen molar-refractivity contribution in [3.8, 4) is 0 Å². The van der Waals surface area contributed by atoms with Gasteiger partial charge in [0.2, 0.25) is 0 Å². The number of nitrogens with zero attached hydrogens (tertiary/aromatic N) is 2. The molecule has 2 rings (SSSR count). The minimum Gasteiger partial charge on any atom is -0.305 e. The maximum atomic E-state index is 2.54. The van der Waals surface area contributed by atoms with Crippen molar-refractivity contribution in [3.63, 3.8) is 0 Å². The molecule has 1 fully saturated rings. The molecule has 1 aromatic carbocycles. The van der Waals surface area contributed by atoms with E-state index in [1.807, 2.05) is 0 Å². The quantitative estimate of drug-likeness (QED) is 0.800. The highest BCUT2D eigenvalue weighted by Crippen LogP contribution is 2.15. The van der Waals surface area contributed by atoms with E-state index in [-0.39, 0.29) is 12.4 Å². The predicted octanol–water partition coefficient (Wildman–Crippen LogP) is 2.24. The molecule has 1 aromatic rings. The fourth-order valence-electron chi connectivity index (χ4n) is 2.22. The molecule has 1 atom stereocenters. The van der Waals surface area contributed by atoms with Crippen LogP contribution in [-0.4, -0.2) is 43.0 Å². The predicted molar refractivity (Wildman–Crippen MR) is 71.1 cm³/mol. The molecule has 3 heteroatoms. The summed E-state index contributed by atoms with van der Waals surface area (Å²) in [6.07, 6.45) is 1.31. The number of likely N-dealkylation sites (tertiary alicyclic amines) is 1. The van der Waals surface area contributed by atoms with Gasteiger partial charge in [0, 0.05) is 25.7 Å². The van der Waals surface area contributed by atoms with Gasteiger partial charge in [0.1, 0.15) is 0 Å². The molecule has 2 nitrogen and oxygen atoms in total. The number of hydrogen-bond acceptors (Lipinski definition) is 2. The van der Waals surface area contributed by atoms with Crippen LogP contribution >= 0.6 is 12.4 Å². The van der Waals surface area contributed by atoms with Crippen molar-refractivity contribution in [3.05, 3.63) is 35.9 Å². The van der Waals surface area contributed by atoms with Gasteiger partial charge in [0.25, 0.3) is 0 Å². The van der Waals surface area contributed by atoms with Gasteiger partial charge in [-0.2, -0.15) is 0 Å². The molecule has 16 heavy (non-hydrogen) atoms. The molecule has 0 spiro atoms. The van der Waals surface area contributed by atoms with Crippen LogP contribution in [0.1, 0.15) is 12.0 Å². The summed E-state index contributed by atoms with van der Waals surface area (Å²) in [5.74, 6) is 0. The monoisotopic (exact) mass is 240 g/mol. The van der Waals surface area contributed by atoms with E-state index in [0.717, 1.165) is 12.6 Å². The molecular weight excluding hydrogens is 220 g/mol. The van der Waals surface area contributed by atoms with Crippen molar-refractivity contribution in [1.82, 2.24) is 9.80 Å². The second kappa shape index (κ2) is 6.24. The Kier molecular flexibility index (Phi) is 5.26. The van der Waals surface area contributed by atoms with E-state index in [2.05, 4.69) is 54.2 Å². The lowest BCUT2D eigenvalue weighted by molar-refractivity contribution is 0.264. The highest BCUT2D eigenvalue weighted by molar-refractivity contribution is 5.85. The number of halogens is 1. The van der Waals surface area contributed by atoms with Crippen LogP contribution in [0.4, 0.5) is 0 Å². The minimum atomic E-state index is 0. The molecule has 0 unspecified atom stereocenters. The maximum Gasteiger partial charge on any atom is 0.0234 e. The smallest absolute Gasteiger partial charge is 0.0234 e. The van der Waals surface area contributed by atoms with E-state index in [4.69, 9.17) is 0 Å². The van der Waals surface area contributed by atoms with E-state index in [9.17, 15) is 0 Å². The van der Waals surface area contributed by atoms with Crippen LogP contribution in [-0.2, 0) is 6.54 Å². The molecule has 0 radical (unpaired) electrons. The summed E-state index contributed by atoms with van der Waals surface area (Å²) in [5.41, 5.74) is 1.43. The summed E-state index contributed by atoms with van der Waals surface area (Å²) in [5, 5.41) is 0. The Bertz CT molecular complexity index is 300. The summed E-state index contributed by atoms with van der Waals surface area (Å²) in [6.45, 7) is 3.55. The van der Waals surface area contributed by atoms with Gasteiger partial charge in [-0.3, -0.25) is 4.90 Å². The Balaban J connectivity index is 0.00000128. The highest BCUT2D eigenvalue weighted by Gasteiger charge is 2.23. The van der Waals surface area contributed by atoms with E-state index < -0.39 is 0 Å². The zero-order chi connectivity index (χ0) is 10.7. The van der Waals surface area contributed by atoms with Gasteiger partial charge < -0.3 is 4.90 Å². The standard InChI is InChI=1S/C13H20N2.ClH/c1-14(2)13-8-9-15(11-13)10-12-6-4-3-5-7-12;/h3-7,13H,8-11H2,1-2H3;1H/t13-;/m1./s1. The Morgan fingerprint density at radius 3 is 2.50 bits per heavy atom. The first-order valence-corrected chi connectivity index (χ1v) is 5.68. The van der Waals surface area contributed by atoms with Gasteiger partial charge >= 0.3 is 0 Å². The molecule has 0 bridgehead atoms. The van der Waals surface area contributed by atoms with Crippen LogP contribution in [0.2, 0.25) is 0 Å². The molecule has 0 N–H and O–H groups in total. The maximum absolute atomic E-state index is 2.54. The summed E-state index contributed by atoms with van der Waals surface area (Å²) < 4.78 is 0. The number of rotatable bonds is 3. The van der Waals surface area contributed by atoms with Crippen molar-refractivity contribution in [2.75, 3.05) is 27.2 Å². The Morgan fingerprint density at radius 1 is 1.25 bits per heavy atom. The Hall–Kier alpha value is -0.570. The average Bonchev–Trinajstić information content (AvgIpc) is 2.68. The van der Waals surface area contributed by atoms with E-state index in [1.165, 1.54) is 25.1 Å². The van der Waals surface area contributed by atoms with Crippen molar-refractivity contribution < 1.29 is 0 Å². The zero-order valence-corrected chi connectivity index (χ0v) is 10.9. The number of benzene rings is 1. The van der Waals surface area contributed by atoms with E-state index in [0.29, 0.717) is 0 Å². The summed E-state index contributed by atoms with van der Waals surface area (Å²) >= 11 is 0. The van der Waals surface area contributed by atoms with Gasteiger partial charge in [0.05, 0.1) is 0 Å². The zero-order valence-electron chi connectivity index (χ0n) is 10.1. The van der Waals surface area contributed by atoms with Crippen LogP contribution in [0.5, 0.6) is 0 Å². The molecular formula is C13H21ClN2. The van der Waals surface area contributed by atoms with Gasteiger partial charge in [-0.25, -0.2) is 0 Å². The second-order valence-corrected chi connectivity index (χ2v) is 4.63. The van der Waals surface area contributed by atoms with Gasteiger partial charge in [-0.1, -0.05) is 30.3 Å². The SMILES string of the molecule is CN(C)[C@@H]1CCN(Cc2ccccc2)C1.Cl. The first kappa shape index (κ1) is 13.5. The van der Waals surface area contributed by atoms with Crippen molar-refractivity contribution in [2.45, 2.75) is 19.0 Å². The second-order valence-electron chi connectivity index (χ2n) is 4.63. The lowest BCUT2D eigenvalue weighted by atomic mass is 10.2. The molecule has 1 saturated heterocycles. The Labute approximate surface area is 105 Å². The fraction of sp³-hybridized carbons (Fsp3) is 0.538. The molecule has 0 amide bonds. The number of likely N-dealkylation sites (N-methyl/N-ethyl adjacent to an activating group) is 1. The van der Waals surface area contributed by atoms with Gasteiger partial charge in [-0.15, -0.1) is 12.4 Å². The minimum absolute atomic E-state index is 0. The summed E-state index contributed by atoms with van der Waals surface area (Å²) in [6, 6.07) is 11.5. The third-order valence-corrected chi connectivity index (χ3v) is 3.23. The topological polar surface area (TPSA) is 6.48 Å². The van der Waals surface area contributed by atoms with Crippen LogP contribution in [0.25, 0.3) is 0 Å². The molecule has 90 valence electrons. The molecule has 1 aliphatic heterocycles. The van der Waals surface area contributed by atoms with Crippen LogP contribution < -0.4 is 0 Å². The lowest BCUT2D eigenvalue weighted by Gasteiger charge is -2.20. The van der Waals surface area contributed by atoms with Gasteiger partial charge in [-0.05, 0) is 26.1 Å². The van der Waals surface area contributed by atoms with Crippen molar-refractivity contribution >= 4 is 12.4 Å². The van der Waals surface area contributed by atoms with E-state index >= 15 is 0 Å². The van der Waals surface area contributed by atoms with Crippen molar-refractivity contribution in [2.24, 2.45) is 0 Å². The van der Waals surface area contributed by atoms with Crippen LogP contribution in [0.3, 0.4) is 0 Å². The summed E-state index contributed by atoms with van der Waals surface area (Å²) in [7, 11) is 4.35. The third-order valence-electron chi connectivity index (χ3n) is 3.23. The molecule has 0 aliphatic carbocycles. The third kappa shape index (κ3) is 3.48.